The van der Waals surface area contributed by atoms with Crippen LogP contribution in [0, 0.1) is 0 Å². The van der Waals surface area contributed by atoms with Crippen LogP contribution in [0.2, 0.25) is 5.25 Å². The SMILES string of the molecule is CCCCCCOC(=O)C[CH2][Ge]([Cl])([Cl])[Cl]. The van der Waals surface area contributed by atoms with Gasteiger partial charge < -0.3 is 0 Å². The van der Waals surface area contributed by atoms with E-state index in [1.165, 1.54) is 12.8 Å². The minimum atomic E-state index is -3.12. The Labute approximate surface area is 107 Å². The molecule has 0 aliphatic rings. The Morgan fingerprint density at radius 2 is 1.87 bits per heavy atom. The van der Waals surface area contributed by atoms with Gasteiger partial charge in [0.05, 0.1) is 0 Å². The van der Waals surface area contributed by atoms with E-state index in [9.17, 15) is 4.79 Å². The summed E-state index contributed by atoms with van der Waals surface area (Å²) < 4.78 is 5.00. The van der Waals surface area contributed by atoms with E-state index in [1.54, 1.807) is 0 Å². The molecule has 0 atom stereocenters. The number of hydrogen-bond donors (Lipinski definition) is 0. The second-order valence-corrected chi connectivity index (χ2v) is 20.1. The van der Waals surface area contributed by atoms with E-state index in [4.69, 9.17) is 34.8 Å². The predicted molar refractivity (Wildman–Crippen MR) is 67.8 cm³/mol. The van der Waals surface area contributed by atoms with E-state index in [1.807, 2.05) is 0 Å². The average Bonchev–Trinajstić information content (AvgIpc) is 2.13. The van der Waals surface area contributed by atoms with Gasteiger partial charge in [0, 0.05) is 0 Å². The van der Waals surface area contributed by atoms with Gasteiger partial charge in [-0.25, -0.2) is 0 Å². The summed E-state index contributed by atoms with van der Waals surface area (Å²) in [6.45, 7) is 2.63. The molecule has 2 nitrogen and oxygen atoms in total. The number of esters is 1. The fourth-order valence-corrected chi connectivity index (χ4v) is 3.53. The molecule has 0 heterocycles. The summed E-state index contributed by atoms with van der Waals surface area (Å²) in [6.07, 6.45) is 4.63. The molecule has 0 rings (SSSR count). The van der Waals surface area contributed by atoms with Crippen molar-refractivity contribution >= 4 is 46.5 Å². The van der Waals surface area contributed by atoms with Gasteiger partial charge in [0.1, 0.15) is 0 Å². The predicted octanol–water partition coefficient (Wildman–Crippen LogP) is 4.16. The zero-order valence-corrected chi connectivity index (χ0v) is 13.3. The first-order valence-electron chi connectivity index (χ1n) is 5.18. The Balaban J connectivity index is 3.34. The molecule has 0 aliphatic carbocycles. The number of hydrogen-bond acceptors (Lipinski definition) is 2. The molecule has 15 heavy (non-hydrogen) atoms. The van der Waals surface area contributed by atoms with Crippen LogP contribution in [-0.2, 0) is 9.53 Å². The minimum absolute atomic E-state index is 0.240. The summed E-state index contributed by atoms with van der Waals surface area (Å²) in [6, 6.07) is 0. The van der Waals surface area contributed by atoms with E-state index in [0.29, 0.717) is 11.9 Å². The monoisotopic (exact) mass is 336 g/mol. The normalized spacial score (nSPS) is 11.5. The van der Waals surface area contributed by atoms with E-state index < -0.39 is 10.5 Å². The number of halogens is 3. The summed E-state index contributed by atoms with van der Waals surface area (Å²) in [7, 11) is 14.0. The second-order valence-electron chi connectivity index (χ2n) is 3.40. The number of unbranched alkanes of at least 4 members (excludes halogenated alkanes) is 3. The maximum atomic E-state index is 11.2. The van der Waals surface area contributed by atoms with Gasteiger partial charge in [0.25, 0.3) is 0 Å². The van der Waals surface area contributed by atoms with E-state index >= 15 is 0 Å². The topological polar surface area (TPSA) is 26.3 Å². The summed E-state index contributed by atoms with van der Waals surface area (Å²) in [4.78, 5) is 11.2. The first-order valence-corrected chi connectivity index (χ1v) is 14.9. The molecule has 0 aromatic heterocycles. The Bertz CT molecular complexity index is 183. The Morgan fingerprint density at radius 3 is 2.40 bits per heavy atom. The number of rotatable bonds is 8. The quantitative estimate of drug-likeness (QED) is 0.378. The summed E-state index contributed by atoms with van der Waals surface area (Å²) in [5.41, 5.74) is 0. The van der Waals surface area contributed by atoms with Crippen LogP contribution in [-0.4, -0.2) is 23.1 Å². The van der Waals surface area contributed by atoms with Crippen molar-refractivity contribution in [3.63, 3.8) is 0 Å². The molecule has 0 amide bonds. The first-order chi connectivity index (χ1) is 6.95. The molecule has 0 N–H and O–H groups in total. The van der Waals surface area contributed by atoms with Gasteiger partial charge in [-0.3, -0.25) is 0 Å². The van der Waals surface area contributed by atoms with E-state index in [0.717, 1.165) is 12.8 Å². The van der Waals surface area contributed by atoms with Crippen molar-refractivity contribution in [1.82, 2.24) is 0 Å². The van der Waals surface area contributed by atoms with E-state index in [2.05, 4.69) is 6.92 Å². The zero-order valence-electron chi connectivity index (χ0n) is 8.90. The van der Waals surface area contributed by atoms with Crippen molar-refractivity contribution < 1.29 is 9.53 Å². The fraction of sp³-hybridized carbons (Fsp3) is 0.889. The van der Waals surface area contributed by atoms with Crippen LogP contribution in [0.15, 0.2) is 0 Å². The third-order valence-electron chi connectivity index (χ3n) is 1.87. The van der Waals surface area contributed by atoms with Gasteiger partial charge in [0.2, 0.25) is 0 Å². The molecule has 0 spiro atoms. The molecule has 90 valence electrons. The molecular weight excluding hydrogens is 319 g/mol. The van der Waals surface area contributed by atoms with Crippen molar-refractivity contribution in [3.05, 3.63) is 0 Å². The van der Waals surface area contributed by atoms with Gasteiger partial charge in [-0.2, -0.15) is 0 Å². The number of ether oxygens (including phenoxy) is 1. The van der Waals surface area contributed by atoms with Crippen LogP contribution >= 0.6 is 30.0 Å². The van der Waals surface area contributed by atoms with Crippen LogP contribution in [0.25, 0.3) is 0 Å². The maximum absolute atomic E-state index is 11.2. The molecule has 0 aromatic rings. The van der Waals surface area contributed by atoms with Crippen molar-refractivity contribution in [2.24, 2.45) is 0 Å². The van der Waals surface area contributed by atoms with Crippen molar-refractivity contribution in [3.8, 4) is 0 Å². The molecule has 0 saturated carbocycles. The van der Waals surface area contributed by atoms with Crippen LogP contribution < -0.4 is 0 Å². The van der Waals surface area contributed by atoms with Gasteiger partial charge in [-0.15, -0.1) is 0 Å². The molecule has 0 fully saturated rings. The molecule has 0 bridgehead atoms. The standard InChI is InChI=1S/C9H17Cl3GeO2/c1-2-3-4-5-8-15-9(14)6-7-13(10,11)12/h2-8H2,1H3. The van der Waals surface area contributed by atoms with Crippen LogP contribution in [0.4, 0.5) is 0 Å². The molecule has 0 aliphatic heterocycles. The number of carbonyl (C=O) groups excluding carboxylic acids is 1. The van der Waals surface area contributed by atoms with Gasteiger partial charge in [0.15, 0.2) is 0 Å². The molecule has 0 saturated heterocycles. The Morgan fingerprint density at radius 1 is 1.20 bits per heavy atom. The molecule has 0 aromatic carbocycles. The van der Waals surface area contributed by atoms with Gasteiger partial charge >= 0.3 is 107 Å². The number of carbonyl (C=O) groups is 1. The van der Waals surface area contributed by atoms with Crippen LogP contribution in [0.3, 0.4) is 0 Å². The zero-order chi connectivity index (χ0) is 11.7. The van der Waals surface area contributed by atoms with E-state index in [-0.39, 0.29) is 12.4 Å². The Kier molecular flexibility index (Phi) is 9.50. The van der Waals surface area contributed by atoms with Crippen LogP contribution in [0.5, 0.6) is 0 Å². The second kappa shape index (κ2) is 8.97. The fourth-order valence-electron chi connectivity index (χ4n) is 1.03. The summed E-state index contributed by atoms with van der Waals surface area (Å²) >= 11 is 0. The molecule has 6 heteroatoms. The molecular formula is C9H17Cl3GeO2. The average molecular weight is 336 g/mol. The summed E-state index contributed by atoms with van der Waals surface area (Å²) in [5, 5.41) is 0.387. The van der Waals surface area contributed by atoms with Gasteiger partial charge in [-0.1, -0.05) is 0 Å². The summed E-state index contributed by atoms with van der Waals surface area (Å²) in [5.74, 6) is -0.247. The first kappa shape index (κ1) is 15.9. The van der Waals surface area contributed by atoms with Crippen molar-refractivity contribution in [2.45, 2.75) is 44.3 Å². The van der Waals surface area contributed by atoms with Crippen LogP contribution in [0.1, 0.15) is 39.0 Å². The van der Waals surface area contributed by atoms with Crippen molar-refractivity contribution in [1.29, 1.82) is 0 Å². The third kappa shape index (κ3) is 12.8. The Hall–Kier alpha value is 0.883. The molecule has 0 unspecified atom stereocenters. The van der Waals surface area contributed by atoms with Crippen molar-refractivity contribution in [2.75, 3.05) is 6.61 Å². The molecule has 0 radical (unpaired) electrons. The van der Waals surface area contributed by atoms with Gasteiger partial charge in [-0.05, 0) is 0 Å². The third-order valence-corrected chi connectivity index (χ3v) is 6.53.